The molecule has 2 aromatic rings. The molecule has 1 amide bonds. The third-order valence-corrected chi connectivity index (χ3v) is 2.45. The molecule has 1 heterocycles. The van der Waals surface area contributed by atoms with Gasteiger partial charge in [-0.3, -0.25) is 4.79 Å². The number of primary amides is 1. The number of aliphatic hydroxyl groups excluding tert-OH is 1. The van der Waals surface area contributed by atoms with Gasteiger partial charge in [0, 0.05) is 0 Å². The van der Waals surface area contributed by atoms with Crippen molar-refractivity contribution >= 4 is 22.6 Å². The lowest BCUT2D eigenvalue weighted by Gasteiger charge is -2.14. The van der Waals surface area contributed by atoms with E-state index in [-0.39, 0.29) is 11.2 Å². The van der Waals surface area contributed by atoms with Crippen LogP contribution in [0.4, 0.5) is 10.2 Å². The van der Waals surface area contributed by atoms with Gasteiger partial charge in [0.05, 0.1) is 17.5 Å². The van der Waals surface area contributed by atoms with E-state index >= 15 is 0 Å². The van der Waals surface area contributed by atoms with E-state index in [9.17, 15) is 9.18 Å². The summed E-state index contributed by atoms with van der Waals surface area (Å²) in [5, 5.41) is 11.7. The third kappa shape index (κ3) is 2.21. The molecule has 1 aromatic carbocycles. The van der Waals surface area contributed by atoms with E-state index in [4.69, 9.17) is 10.8 Å². The number of rotatable bonds is 4. The van der Waals surface area contributed by atoms with E-state index in [1.165, 1.54) is 18.5 Å². The molecule has 1 aromatic heterocycles. The third-order valence-electron chi connectivity index (χ3n) is 2.45. The van der Waals surface area contributed by atoms with Gasteiger partial charge in [0.2, 0.25) is 5.91 Å². The maximum absolute atomic E-state index is 13.7. The van der Waals surface area contributed by atoms with Gasteiger partial charge in [-0.2, -0.15) is 0 Å². The first kappa shape index (κ1) is 12.2. The number of hydrogen-bond donors (Lipinski definition) is 3. The first-order chi connectivity index (χ1) is 8.63. The van der Waals surface area contributed by atoms with Gasteiger partial charge < -0.3 is 16.2 Å². The number of nitrogens with zero attached hydrogens (tertiary/aromatic N) is 2. The molecule has 0 fully saturated rings. The van der Waals surface area contributed by atoms with Crippen LogP contribution in [0.1, 0.15) is 0 Å². The van der Waals surface area contributed by atoms with E-state index in [2.05, 4.69) is 15.3 Å². The van der Waals surface area contributed by atoms with E-state index in [0.717, 1.165) is 0 Å². The van der Waals surface area contributed by atoms with Crippen LogP contribution in [0.15, 0.2) is 24.5 Å². The molecule has 1 atom stereocenters. The Labute approximate surface area is 102 Å². The van der Waals surface area contributed by atoms with Gasteiger partial charge in [-0.05, 0) is 12.1 Å². The van der Waals surface area contributed by atoms with Crippen molar-refractivity contribution in [1.29, 1.82) is 0 Å². The number of halogens is 1. The zero-order valence-electron chi connectivity index (χ0n) is 9.30. The SMILES string of the molecule is NC(=O)[C@H](CO)Nc1ncnc2cccc(F)c12. The van der Waals surface area contributed by atoms with E-state index in [0.29, 0.717) is 5.52 Å². The minimum atomic E-state index is -1.03. The number of fused-ring (bicyclic) bond motifs is 1. The fourth-order valence-corrected chi connectivity index (χ4v) is 1.55. The van der Waals surface area contributed by atoms with Crippen molar-refractivity contribution in [2.75, 3.05) is 11.9 Å². The van der Waals surface area contributed by atoms with Gasteiger partial charge in [-0.1, -0.05) is 6.07 Å². The van der Waals surface area contributed by atoms with Gasteiger partial charge in [0.15, 0.2) is 0 Å². The summed E-state index contributed by atoms with van der Waals surface area (Å²) in [6, 6.07) is 3.37. The largest absolute Gasteiger partial charge is 0.394 e. The molecule has 18 heavy (non-hydrogen) atoms. The van der Waals surface area contributed by atoms with Crippen LogP contribution in [-0.2, 0) is 4.79 Å². The van der Waals surface area contributed by atoms with Crippen LogP contribution >= 0.6 is 0 Å². The number of benzene rings is 1. The number of hydrogen-bond acceptors (Lipinski definition) is 5. The van der Waals surface area contributed by atoms with Crippen LogP contribution < -0.4 is 11.1 Å². The molecule has 0 saturated carbocycles. The predicted octanol–water partition coefficient (Wildman–Crippen LogP) is 0.0270. The molecular formula is C11H11FN4O2. The normalized spacial score (nSPS) is 12.3. The Bertz CT molecular complexity index is 585. The van der Waals surface area contributed by atoms with Crippen LogP contribution in [0.3, 0.4) is 0 Å². The van der Waals surface area contributed by atoms with Gasteiger partial charge in [-0.15, -0.1) is 0 Å². The molecule has 4 N–H and O–H groups in total. The highest BCUT2D eigenvalue weighted by Gasteiger charge is 2.17. The second-order valence-corrected chi connectivity index (χ2v) is 3.64. The summed E-state index contributed by atoms with van der Waals surface area (Å²) in [6.07, 6.45) is 1.24. The fourth-order valence-electron chi connectivity index (χ4n) is 1.55. The van der Waals surface area contributed by atoms with Crippen molar-refractivity contribution in [3.8, 4) is 0 Å². The number of aliphatic hydroxyl groups is 1. The first-order valence-corrected chi connectivity index (χ1v) is 5.19. The number of nitrogens with two attached hydrogens (primary N) is 1. The van der Waals surface area contributed by atoms with Crippen LogP contribution in [0.5, 0.6) is 0 Å². The first-order valence-electron chi connectivity index (χ1n) is 5.19. The van der Waals surface area contributed by atoms with Crippen molar-refractivity contribution in [2.45, 2.75) is 6.04 Å². The molecular weight excluding hydrogens is 239 g/mol. The summed E-state index contributed by atoms with van der Waals surface area (Å²) in [5.74, 6) is -1.15. The van der Waals surface area contributed by atoms with Crippen molar-refractivity contribution < 1.29 is 14.3 Å². The minimum Gasteiger partial charge on any atom is -0.394 e. The van der Waals surface area contributed by atoms with Crippen LogP contribution in [-0.4, -0.2) is 33.6 Å². The standard InChI is InChI=1S/C11H11FN4O2/c12-6-2-1-3-7-9(6)11(15-5-14-7)16-8(4-17)10(13)18/h1-3,5,8,17H,4H2,(H2,13,18)(H,14,15,16)/t8-/m0/s1. The smallest absolute Gasteiger partial charge is 0.242 e. The van der Waals surface area contributed by atoms with Crippen LogP contribution in [0.2, 0.25) is 0 Å². The summed E-state index contributed by atoms with van der Waals surface area (Å²) in [6.45, 7) is -0.505. The summed E-state index contributed by atoms with van der Waals surface area (Å²) in [7, 11) is 0. The Balaban J connectivity index is 2.48. The molecule has 7 heteroatoms. The molecule has 0 aliphatic carbocycles. The number of carbonyl (C=O) groups is 1. The second kappa shape index (κ2) is 4.92. The predicted molar refractivity (Wildman–Crippen MR) is 63.2 cm³/mol. The number of anilines is 1. The number of amides is 1. The minimum absolute atomic E-state index is 0.121. The maximum atomic E-state index is 13.7. The lowest BCUT2D eigenvalue weighted by molar-refractivity contribution is -0.119. The molecule has 6 nitrogen and oxygen atoms in total. The average Bonchev–Trinajstić information content (AvgIpc) is 2.35. The molecule has 0 bridgehead atoms. The molecule has 94 valence electrons. The highest BCUT2D eigenvalue weighted by atomic mass is 19.1. The summed E-state index contributed by atoms with van der Waals surface area (Å²) < 4.78 is 13.7. The zero-order valence-corrected chi connectivity index (χ0v) is 9.30. The molecule has 0 unspecified atom stereocenters. The number of nitrogens with one attached hydrogen (secondary N) is 1. The van der Waals surface area contributed by atoms with Gasteiger partial charge in [0.25, 0.3) is 0 Å². The van der Waals surface area contributed by atoms with E-state index < -0.39 is 24.4 Å². The quantitative estimate of drug-likeness (QED) is 0.710. The molecule has 0 saturated heterocycles. The Hall–Kier alpha value is -2.28. The summed E-state index contributed by atoms with van der Waals surface area (Å²) in [5.41, 5.74) is 5.48. The van der Waals surface area contributed by atoms with Crippen molar-refractivity contribution in [3.05, 3.63) is 30.3 Å². The molecule has 0 radical (unpaired) electrons. The molecule has 2 rings (SSSR count). The van der Waals surface area contributed by atoms with Gasteiger partial charge in [-0.25, -0.2) is 14.4 Å². The molecule has 0 aliphatic heterocycles. The topological polar surface area (TPSA) is 101 Å². The summed E-state index contributed by atoms with van der Waals surface area (Å²) in [4.78, 5) is 18.8. The second-order valence-electron chi connectivity index (χ2n) is 3.64. The highest BCUT2D eigenvalue weighted by molar-refractivity contribution is 5.92. The fraction of sp³-hybridized carbons (Fsp3) is 0.182. The monoisotopic (exact) mass is 250 g/mol. The van der Waals surface area contributed by atoms with E-state index in [1.54, 1.807) is 6.07 Å². The van der Waals surface area contributed by atoms with E-state index in [1.807, 2.05) is 0 Å². The van der Waals surface area contributed by atoms with Crippen molar-refractivity contribution in [2.24, 2.45) is 5.73 Å². The lowest BCUT2D eigenvalue weighted by atomic mass is 10.2. The van der Waals surface area contributed by atoms with Crippen LogP contribution in [0, 0.1) is 5.82 Å². The zero-order chi connectivity index (χ0) is 13.1. The van der Waals surface area contributed by atoms with Crippen molar-refractivity contribution in [1.82, 2.24) is 9.97 Å². The lowest BCUT2D eigenvalue weighted by Crippen LogP contribution is -2.38. The Morgan fingerprint density at radius 3 is 2.94 bits per heavy atom. The number of aromatic nitrogens is 2. The maximum Gasteiger partial charge on any atom is 0.242 e. The average molecular weight is 250 g/mol. The molecule has 0 aliphatic rings. The highest BCUT2D eigenvalue weighted by Crippen LogP contribution is 2.22. The number of carbonyl (C=O) groups excluding carboxylic acids is 1. The summed E-state index contributed by atoms with van der Waals surface area (Å²) >= 11 is 0. The van der Waals surface area contributed by atoms with Gasteiger partial charge in [0.1, 0.15) is 24.0 Å². The van der Waals surface area contributed by atoms with Gasteiger partial charge >= 0.3 is 0 Å². The Kier molecular flexibility index (Phi) is 3.33. The van der Waals surface area contributed by atoms with Crippen molar-refractivity contribution in [3.63, 3.8) is 0 Å². The Morgan fingerprint density at radius 2 is 2.28 bits per heavy atom. The molecule has 0 spiro atoms. The van der Waals surface area contributed by atoms with Crippen LogP contribution in [0.25, 0.3) is 10.9 Å². The Morgan fingerprint density at radius 1 is 1.50 bits per heavy atom.